The molecule has 1 aromatic heterocycles. The average Bonchev–Trinajstić information content (AvgIpc) is 3.58. The molecule has 1 aliphatic rings. The lowest BCUT2D eigenvalue weighted by molar-refractivity contribution is -0.269. The van der Waals surface area contributed by atoms with Gasteiger partial charge in [-0.1, -0.05) is 48.5 Å². The van der Waals surface area contributed by atoms with Crippen LogP contribution in [0.5, 0.6) is 0 Å². The third-order valence-corrected chi connectivity index (χ3v) is 7.17. The minimum atomic E-state index is -6.14. The predicted octanol–water partition coefficient (Wildman–Crippen LogP) is 3.78. The number of Topliss-reactive ketones (excluding diaryl/α,β-unsaturated/α-hetero) is 1. The molecular weight excluding hydrogens is 535 g/mol. The summed E-state index contributed by atoms with van der Waals surface area (Å²) in [5.74, 6) is -9.53. The highest BCUT2D eigenvalue weighted by atomic mass is 19.4. The third kappa shape index (κ3) is 6.01. The molecule has 12 heteroatoms. The highest BCUT2D eigenvalue weighted by Gasteiger charge is 2.64. The summed E-state index contributed by atoms with van der Waals surface area (Å²) in [5.41, 5.74) is 1.74. The molecule has 3 aromatic rings. The molecular formula is C28H29F5N4O3. The fraction of sp³-hybridized carbons (Fsp3) is 0.393. The quantitative estimate of drug-likeness (QED) is 0.327. The molecule has 0 aliphatic carbocycles. The van der Waals surface area contributed by atoms with Crippen molar-refractivity contribution in [1.82, 2.24) is 20.5 Å². The smallest absolute Gasteiger partial charge is 0.361 e. The average molecular weight is 565 g/mol. The first-order valence-electron chi connectivity index (χ1n) is 12.8. The molecule has 4 rings (SSSR count). The monoisotopic (exact) mass is 564 g/mol. The van der Waals surface area contributed by atoms with E-state index in [-0.39, 0.29) is 18.5 Å². The van der Waals surface area contributed by atoms with E-state index in [2.05, 4.69) is 15.6 Å². The molecule has 7 nitrogen and oxygen atoms in total. The Morgan fingerprint density at radius 2 is 1.65 bits per heavy atom. The van der Waals surface area contributed by atoms with Crippen LogP contribution < -0.4 is 10.6 Å². The number of fused-ring (bicyclic) bond motifs is 1. The van der Waals surface area contributed by atoms with E-state index < -0.39 is 54.2 Å². The van der Waals surface area contributed by atoms with Gasteiger partial charge in [0.1, 0.15) is 6.04 Å². The van der Waals surface area contributed by atoms with Crippen LogP contribution in [0.1, 0.15) is 24.0 Å². The second kappa shape index (κ2) is 11.7. The van der Waals surface area contributed by atoms with Gasteiger partial charge in [-0.3, -0.25) is 14.4 Å². The number of H-pyrrole nitrogens is 1. The van der Waals surface area contributed by atoms with Gasteiger partial charge in [0, 0.05) is 30.1 Å². The van der Waals surface area contributed by atoms with Crippen LogP contribution in [-0.4, -0.2) is 71.3 Å². The molecule has 1 saturated heterocycles. The van der Waals surface area contributed by atoms with Crippen LogP contribution in [0.2, 0.25) is 0 Å². The number of nitrogens with zero attached hydrogens (tertiary/aromatic N) is 1. The van der Waals surface area contributed by atoms with Crippen molar-refractivity contribution in [3.05, 3.63) is 71.9 Å². The van der Waals surface area contributed by atoms with E-state index >= 15 is 0 Å². The molecule has 0 spiro atoms. The van der Waals surface area contributed by atoms with Crippen molar-refractivity contribution in [2.24, 2.45) is 0 Å². The van der Waals surface area contributed by atoms with Crippen molar-refractivity contribution in [3.8, 4) is 0 Å². The Balaban J connectivity index is 1.57. The van der Waals surface area contributed by atoms with E-state index in [9.17, 15) is 36.3 Å². The SMILES string of the molecule is CN[C@H](Cc1ccccc1)C(=O)N1CCC[C@H]1C(=O)NC(Cc1c[nH]c2ccccc12)C(=O)C(F)(F)C(F)(F)F. The summed E-state index contributed by atoms with van der Waals surface area (Å²) in [6.07, 6.45) is -4.43. The number of nitrogens with one attached hydrogen (secondary N) is 3. The third-order valence-electron chi connectivity index (χ3n) is 7.17. The first-order valence-corrected chi connectivity index (χ1v) is 12.8. The Hall–Kier alpha value is -3.80. The van der Waals surface area contributed by atoms with E-state index in [4.69, 9.17) is 0 Å². The van der Waals surface area contributed by atoms with Crippen LogP contribution in [0.15, 0.2) is 60.8 Å². The number of carbonyl (C=O) groups is 3. The van der Waals surface area contributed by atoms with Gasteiger partial charge >= 0.3 is 12.1 Å². The maximum Gasteiger partial charge on any atom is 0.461 e. The van der Waals surface area contributed by atoms with E-state index in [1.807, 2.05) is 30.3 Å². The van der Waals surface area contributed by atoms with Crippen molar-refractivity contribution < 1.29 is 36.3 Å². The maximum absolute atomic E-state index is 14.2. The molecule has 2 amide bonds. The number of hydrogen-bond acceptors (Lipinski definition) is 4. The highest BCUT2D eigenvalue weighted by molar-refractivity contribution is 5.97. The second-order valence-electron chi connectivity index (χ2n) is 9.78. The van der Waals surface area contributed by atoms with Gasteiger partial charge in [0.25, 0.3) is 0 Å². The molecule has 1 fully saturated rings. The van der Waals surface area contributed by atoms with E-state index in [0.717, 1.165) is 5.56 Å². The van der Waals surface area contributed by atoms with Gasteiger partial charge in [0.2, 0.25) is 17.6 Å². The van der Waals surface area contributed by atoms with E-state index in [1.165, 1.54) is 11.1 Å². The Morgan fingerprint density at radius 1 is 0.975 bits per heavy atom. The molecule has 1 aliphatic heterocycles. The molecule has 2 aromatic carbocycles. The van der Waals surface area contributed by atoms with Crippen LogP contribution in [0, 0.1) is 0 Å². The molecule has 214 valence electrons. The summed E-state index contributed by atoms with van der Waals surface area (Å²) in [6.45, 7) is 0.198. The lowest BCUT2D eigenvalue weighted by Crippen LogP contribution is -2.58. The van der Waals surface area contributed by atoms with Gasteiger partial charge in [-0.25, -0.2) is 0 Å². The fourth-order valence-corrected chi connectivity index (χ4v) is 5.02. The Bertz CT molecular complexity index is 1360. The second-order valence-corrected chi connectivity index (χ2v) is 9.78. The predicted molar refractivity (Wildman–Crippen MR) is 138 cm³/mol. The summed E-state index contributed by atoms with van der Waals surface area (Å²) in [7, 11) is 1.59. The summed E-state index contributed by atoms with van der Waals surface area (Å²) >= 11 is 0. The molecule has 2 heterocycles. The number of likely N-dealkylation sites (N-methyl/N-ethyl adjacent to an activating group) is 1. The van der Waals surface area contributed by atoms with Crippen LogP contribution >= 0.6 is 0 Å². The Labute approximate surface area is 227 Å². The van der Waals surface area contributed by atoms with Gasteiger partial charge in [0.15, 0.2) is 0 Å². The van der Waals surface area contributed by atoms with Gasteiger partial charge in [-0.2, -0.15) is 22.0 Å². The minimum absolute atomic E-state index is 0.170. The van der Waals surface area contributed by atoms with Crippen LogP contribution in [0.25, 0.3) is 10.9 Å². The normalized spacial score (nSPS) is 17.6. The number of aromatic nitrogens is 1. The lowest BCUT2D eigenvalue weighted by Gasteiger charge is -2.30. The zero-order valence-electron chi connectivity index (χ0n) is 21.6. The molecule has 3 atom stereocenters. The van der Waals surface area contributed by atoms with Crippen molar-refractivity contribution in [3.63, 3.8) is 0 Å². The number of rotatable bonds is 10. The zero-order valence-corrected chi connectivity index (χ0v) is 21.6. The van der Waals surface area contributed by atoms with Gasteiger partial charge < -0.3 is 20.5 Å². The number of halogens is 5. The van der Waals surface area contributed by atoms with E-state index in [1.54, 1.807) is 31.3 Å². The summed E-state index contributed by atoms with van der Waals surface area (Å²) in [5, 5.41) is 5.57. The summed E-state index contributed by atoms with van der Waals surface area (Å²) < 4.78 is 67.8. The van der Waals surface area contributed by atoms with Crippen molar-refractivity contribution in [2.45, 2.75) is 55.9 Å². The lowest BCUT2D eigenvalue weighted by atomic mass is 9.97. The fourth-order valence-electron chi connectivity index (χ4n) is 5.02. The number of benzene rings is 2. The number of carbonyl (C=O) groups excluding carboxylic acids is 3. The number of alkyl halides is 5. The number of likely N-dealkylation sites (tertiary alicyclic amines) is 1. The first kappa shape index (κ1) is 29.2. The Morgan fingerprint density at radius 3 is 2.33 bits per heavy atom. The Kier molecular flexibility index (Phi) is 8.57. The topological polar surface area (TPSA) is 94.3 Å². The summed E-state index contributed by atoms with van der Waals surface area (Å²) in [6, 6.07) is 11.8. The van der Waals surface area contributed by atoms with Gasteiger partial charge in [-0.05, 0) is 43.5 Å². The van der Waals surface area contributed by atoms with Crippen molar-refractivity contribution in [1.29, 1.82) is 0 Å². The highest BCUT2D eigenvalue weighted by Crippen LogP contribution is 2.37. The number of aromatic amines is 1. The van der Waals surface area contributed by atoms with Crippen LogP contribution in [0.3, 0.4) is 0 Å². The number of para-hydroxylation sites is 1. The minimum Gasteiger partial charge on any atom is -0.361 e. The summed E-state index contributed by atoms with van der Waals surface area (Å²) in [4.78, 5) is 43.4. The molecule has 40 heavy (non-hydrogen) atoms. The van der Waals surface area contributed by atoms with Crippen molar-refractivity contribution >= 4 is 28.5 Å². The standard InChI is InChI=1S/C28H29F5N4O3/c1-34-22(14-17-8-3-2-4-9-17)26(40)37-13-7-12-23(37)25(39)36-21(24(38)27(29,30)28(31,32)33)15-18-16-35-20-11-6-5-10-19(18)20/h2-6,8-11,16,21-23,34-35H,7,12-15H2,1H3,(H,36,39)/t21?,22-,23+/m1/s1. The molecule has 1 unspecified atom stereocenters. The van der Waals surface area contributed by atoms with Gasteiger partial charge in [-0.15, -0.1) is 0 Å². The molecule has 0 bridgehead atoms. The molecule has 0 saturated carbocycles. The maximum atomic E-state index is 14.2. The molecule has 0 radical (unpaired) electrons. The van der Waals surface area contributed by atoms with E-state index in [0.29, 0.717) is 23.7 Å². The van der Waals surface area contributed by atoms with Crippen LogP contribution in [-0.2, 0) is 27.2 Å². The number of hydrogen-bond donors (Lipinski definition) is 3. The first-order chi connectivity index (χ1) is 18.9. The number of ketones is 1. The van der Waals surface area contributed by atoms with Gasteiger partial charge in [0.05, 0.1) is 12.1 Å². The largest absolute Gasteiger partial charge is 0.461 e. The zero-order chi connectivity index (χ0) is 29.1. The molecule has 3 N–H and O–H groups in total. The number of amides is 2. The van der Waals surface area contributed by atoms with Crippen LogP contribution in [0.4, 0.5) is 22.0 Å². The van der Waals surface area contributed by atoms with Crippen molar-refractivity contribution in [2.75, 3.05) is 13.6 Å².